The van der Waals surface area contributed by atoms with Gasteiger partial charge in [0.05, 0.1) is 6.61 Å². The standard InChI is InChI=1S/C17H26O7/c1-8-22-13(19)10(9(2)18)12(16(3,4)5)11-14(20)23-17(6,7)24-15(11)21/h10-12H,8H2,1-7H3. The van der Waals surface area contributed by atoms with Gasteiger partial charge >= 0.3 is 17.9 Å². The molecule has 1 rings (SSSR count). The highest BCUT2D eigenvalue weighted by molar-refractivity contribution is 6.02. The van der Waals surface area contributed by atoms with E-state index in [0.29, 0.717) is 0 Å². The van der Waals surface area contributed by atoms with Crippen molar-refractivity contribution in [3.8, 4) is 0 Å². The Morgan fingerprint density at radius 3 is 1.96 bits per heavy atom. The van der Waals surface area contributed by atoms with Crippen LogP contribution in [0.3, 0.4) is 0 Å². The van der Waals surface area contributed by atoms with Crippen LogP contribution in [0, 0.1) is 23.2 Å². The third-order valence-electron chi connectivity index (χ3n) is 3.90. The van der Waals surface area contributed by atoms with E-state index in [1.54, 1.807) is 27.7 Å². The van der Waals surface area contributed by atoms with Crippen molar-refractivity contribution in [2.24, 2.45) is 23.2 Å². The third kappa shape index (κ3) is 4.33. The highest BCUT2D eigenvalue weighted by atomic mass is 16.7. The Morgan fingerprint density at radius 2 is 1.62 bits per heavy atom. The predicted octanol–water partition coefficient (Wildman–Crippen LogP) is 1.87. The first-order valence-electron chi connectivity index (χ1n) is 7.94. The minimum atomic E-state index is -1.37. The van der Waals surface area contributed by atoms with E-state index in [0.717, 1.165) is 0 Å². The Hall–Kier alpha value is -1.92. The second-order valence-electron chi connectivity index (χ2n) is 7.45. The van der Waals surface area contributed by atoms with Crippen LogP contribution in [0.2, 0.25) is 0 Å². The van der Waals surface area contributed by atoms with E-state index in [9.17, 15) is 19.2 Å². The maximum atomic E-state index is 12.4. The molecule has 2 unspecified atom stereocenters. The number of cyclic esters (lactones) is 2. The van der Waals surface area contributed by atoms with Crippen LogP contribution in [0.1, 0.15) is 48.5 Å². The number of Topliss-reactive ketones (excluding diaryl/α,β-unsaturated/α-hetero) is 1. The van der Waals surface area contributed by atoms with Crippen LogP contribution >= 0.6 is 0 Å². The maximum absolute atomic E-state index is 12.4. The molecule has 1 heterocycles. The molecule has 0 amide bonds. The zero-order chi connectivity index (χ0) is 18.9. The summed E-state index contributed by atoms with van der Waals surface area (Å²) in [7, 11) is 0. The molecule has 2 atom stereocenters. The fourth-order valence-corrected chi connectivity index (χ4v) is 3.01. The molecule has 0 spiro atoms. The monoisotopic (exact) mass is 342 g/mol. The van der Waals surface area contributed by atoms with Gasteiger partial charge in [0.2, 0.25) is 0 Å². The zero-order valence-corrected chi connectivity index (χ0v) is 15.3. The van der Waals surface area contributed by atoms with E-state index in [4.69, 9.17) is 14.2 Å². The van der Waals surface area contributed by atoms with E-state index in [1.807, 2.05) is 0 Å². The van der Waals surface area contributed by atoms with Crippen molar-refractivity contribution in [1.29, 1.82) is 0 Å². The lowest BCUT2D eigenvalue weighted by atomic mass is 9.65. The van der Waals surface area contributed by atoms with Crippen molar-refractivity contribution in [2.45, 2.75) is 54.3 Å². The molecule has 7 nitrogen and oxygen atoms in total. The van der Waals surface area contributed by atoms with Gasteiger partial charge in [-0.05, 0) is 19.3 Å². The van der Waals surface area contributed by atoms with Crippen molar-refractivity contribution < 1.29 is 33.4 Å². The first-order chi connectivity index (χ1) is 10.8. The van der Waals surface area contributed by atoms with Gasteiger partial charge in [0.1, 0.15) is 11.7 Å². The van der Waals surface area contributed by atoms with E-state index >= 15 is 0 Å². The van der Waals surface area contributed by atoms with Gasteiger partial charge in [-0.25, -0.2) is 0 Å². The molecule has 0 aromatic carbocycles. The number of rotatable bonds is 5. The van der Waals surface area contributed by atoms with Crippen LogP contribution in [0.15, 0.2) is 0 Å². The van der Waals surface area contributed by atoms with Gasteiger partial charge in [-0.3, -0.25) is 19.2 Å². The summed E-state index contributed by atoms with van der Waals surface area (Å²) in [6, 6.07) is 0. The van der Waals surface area contributed by atoms with Crippen LogP contribution < -0.4 is 0 Å². The number of hydrogen-bond acceptors (Lipinski definition) is 7. The van der Waals surface area contributed by atoms with Crippen LogP contribution in [0.5, 0.6) is 0 Å². The summed E-state index contributed by atoms with van der Waals surface area (Å²) >= 11 is 0. The van der Waals surface area contributed by atoms with E-state index < -0.39 is 52.6 Å². The molecule has 0 aromatic rings. The summed E-state index contributed by atoms with van der Waals surface area (Å²) in [5, 5.41) is 0. The van der Waals surface area contributed by atoms with Gasteiger partial charge in [0, 0.05) is 19.8 Å². The fraction of sp³-hybridized carbons (Fsp3) is 0.765. The largest absolute Gasteiger partial charge is 0.465 e. The Balaban J connectivity index is 3.36. The summed E-state index contributed by atoms with van der Waals surface area (Å²) in [4.78, 5) is 49.3. The van der Waals surface area contributed by atoms with E-state index in [1.165, 1.54) is 20.8 Å². The number of carbonyl (C=O) groups excluding carboxylic acids is 4. The van der Waals surface area contributed by atoms with E-state index in [2.05, 4.69) is 0 Å². The van der Waals surface area contributed by atoms with Crippen molar-refractivity contribution in [1.82, 2.24) is 0 Å². The minimum Gasteiger partial charge on any atom is -0.465 e. The summed E-state index contributed by atoms with van der Waals surface area (Å²) in [6.07, 6.45) is 0. The number of hydrogen-bond donors (Lipinski definition) is 0. The van der Waals surface area contributed by atoms with Gasteiger partial charge in [-0.2, -0.15) is 0 Å². The normalized spacial score (nSPS) is 20.6. The molecule has 0 bridgehead atoms. The summed E-state index contributed by atoms with van der Waals surface area (Å²) in [5.74, 6) is -7.76. The average Bonchev–Trinajstić information content (AvgIpc) is 2.33. The molecule has 0 aliphatic carbocycles. The number of ketones is 1. The van der Waals surface area contributed by atoms with Gasteiger partial charge in [0.15, 0.2) is 5.92 Å². The van der Waals surface area contributed by atoms with Gasteiger partial charge in [-0.1, -0.05) is 20.8 Å². The molecule has 1 saturated heterocycles. The Labute approximate surface area is 142 Å². The number of esters is 3. The van der Waals surface area contributed by atoms with Crippen LogP contribution in [-0.4, -0.2) is 36.1 Å². The van der Waals surface area contributed by atoms with Crippen LogP contribution in [0.25, 0.3) is 0 Å². The maximum Gasteiger partial charge on any atom is 0.323 e. The molecule has 0 aromatic heterocycles. The van der Waals surface area contributed by atoms with Crippen molar-refractivity contribution in [3.05, 3.63) is 0 Å². The molecule has 0 N–H and O–H groups in total. The lowest BCUT2D eigenvalue weighted by Crippen LogP contribution is -2.54. The van der Waals surface area contributed by atoms with E-state index in [-0.39, 0.29) is 6.61 Å². The fourth-order valence-electron chi connectivity index (χ4n) is 3.01. The second-order valence-corrected chi connectivity index (χ2v) is 7.45. The molecule has 24 heavy (non-hydrogen) atoms. The highest BCUT2D eigenvalue weighted by Crippen LogP contribution is 2.42. The molecule has 7 heteroatoms. The van der Waals surface area contributed by atoms with Crippen molar-refractivity contribution in [3.63, 3.8) is 0 Å². The Bertz CT molecular complexity index is 522. The predicted molar refractivity (Wildman–Crippen MR) is 83.5 cm³/mol. The zero-order valence-electron chi connectivity index (χ0n) is 15.3. The third-order valence-corrected chi connectivity index (χ3v) is 3.90. The lowest BCUT2D eigenvalue weighted by molar-refractivity contribution is -0.245. The highest BCUT2D eigenvalue weighted by Gasteiger charge is 2.55. The molecule has 1 fully saturated rings. The van der Waals surface area contributed by atoms with Crippen molar-refractivity contribution >= 4 is 23.7 Å². The van der Waals surface area contributed by atoms with Gasteiger partial charge < -0.3 is 14.2 Å². The topological polar surface area (TPSA) is 96.0 Å². The number of ether oxygens (including phenoxy) is 3. The molecule has 1 aliphatic rings. The van der Waals surface area contributed by atoms with Gasteiger partial charge in [0.25, 0.3) is 5.79 Å². The number of carbonyl (C=O) groups is 4. The summed E-state index contributed by atoms with van der Waals surface area (Å²) in [5.41, 5.74) is -0.729. The SMILES string of the molecule is CCOC(=O)C(C(C)=O)C(C1C(=O)OC(C)(C)OC1=O)C(C)(C)C. The molecule has 1 aliphatic heterocycles. The molecular formula is C17H26O7. The average molecular weight is 342 g/mol. The Kier molecular flexibility index (Phi) is 5.79. The summed E-state index contributed by atoms with van der Waals surface area (Å²) in [6.45, 7) is 11.1. The molecular weight excluding hydrogens is 316 g/mol. The van der Waals surface area contributed by atoms with Gasteiger partial charge in [-0.15, -0.1) is 0 Å². The van der Waals surface area contributed by atoms with Crippen molar-refractivity contribution in [2.75, 3.05) is 6.61 Å². The quantitative estimate of drug-likeness (QED) is 0.556. The first kappa shape index (κ1) is 20.1. The second kappa shape index (κ2) is 6.91. The summed E-state index contributed by atoms with van der Waals surface area (Å²) < 4.78 is 15.3. The van der Waals surface area contributed by atoms with Crippen LogP contribution in [-0.2, 0) is 33.4 Å². The minimum absolute atomic E-state index is 0.0894. The molecule has 0 radical (unpaired) electrons. The lowest BCUT2D eigenvalue weighted by Gasteiger charge is -2.42. The molecule has 0 saturated carbocycles. The van der Waals surface area contributed by atoms with Crippen LogP contribution in [0.4, 0.5) is 0 Å². The first-order valence-corrected chi connectivity index (χ1v) is 7.94. The Morgan fingerprint density at radius 1 is 1.17 bits per heavy atom. The smallest absolute Gasteiger partial charge is 0.323 e. The molecule has 136 valence electrons.